The molecule has 0 heterocycles. The molecule has 1 atom stereocenters. The van der Waals surface area contributed by atoms with Crippen molar-refractivity contribution in [2.24, 2.45) is 0 Å². The standard InChI is InChI=1S/C13H13BrO/c1-2-13(15-11-7-6-10-14)12-8-4-3-5-9-12/h1,3-9,13H,10-11H2/b7-6+. The van der Waals surface area contributed by atoms with Gasteiger partial charge in [-0.25, -0.2) is 0 Å². The fourth-order valence-electron chi connectivity index (χ4n) is 1.15. The number of terminal acetylenes is 1. The van der Waals surface area contributed by atoms with Crippen molar-refractivity contribution in [1.82, 2.24) is 0 Å². The Bertz CT molecular complexity index is 337. The van der Waals surface area contributed by atoms with Gasteiger partial charge in [0.05, 0.1) is 6.61 Å². The van der Waals surface area contributed by atoms with Crippen molar-refractivity contribution in [1.29, 1.82) is 0 Å². The van der Waals surface area contributed by atoms with Gasteiger partial charge in [-0.3, -0.25) is 0 Å². The van der Waals surface area contributed by atoms with Crippen LogP contribution in [0.25, 0.3) is 0 Å². The monoisotopic (exact) mass is 264 g/mol. The molecule has 0 saturated heterocycles. The predicted molar refractivity (Wildman–Crippen MR) is 66.9 cm³/mol. The van der Waals surface area contributed by atoms with Crippen LogP contribution in [0.2, 0.25) is 0 Å². The van der Waals surface area contributed by atoms with Gasteiger partial charge in [-0.05, 0) is 5.56 Å². The summed E-state index contributed by atoms with van der Waals surface area (Å²) in [6, 6.07) is 9.81. The number of ether oxygens (including phenoxy) is 1. The van der Waals surface area contributed by atoms with E-state index in [4.69, 9.17) is 11.2 Å². The Morgan fingerprint density at radius 3 is 2.67 bits per heavy atom. The van der Waals surface area contributed by atoms with Gasteiger partial charge in [0, 0.05) is 5.33 Å². The first-order valence-corrected chi connectivity index (χ1v) is 5.84. The Balaban J connectivity index is 2.51. The summed E-state index contributed by atoms with van der Waals surface area (Å²) in [5, 5.41) is 0.836. The third-order valence-corrected chi connectivity index (χ3v) is 2.24. The van der Waals surface area contributed by atoms with Gasteiger partial charge >= 0.3 is 0 Å². The van der Waals surface area contributed by atoms with E-state index >= 15 is 0 Å². The minimum atomic E-state index is -0.258. The van der Waals surface area contributed by atoms with E-state index in [1.54, 1.807) is 0 Å². The summed E-state index contributed by atoms with van der Waals surface area (Å²) in [6.45, 7) is 0.537. The van der Waals surface area contributed by atoms with Crippen molar-refractivity contribution in [3.8, 4) is 12.3 Å². The second kappa shape index (κ2) is 7.28. The van der Waals surface area contributed by atoms with E-state index in [0.717, 1.165) is 10.9 Å². The van der Waals surface area contributed by atoms with Crippen molar-refractivity contribution < 1.29 is 4.74 Å². The van der Waals surface area contributed by atoms with Crippen molar-refractivity contribution in [2.45, 2.75) is 6.10 Å². The molecule has 0 N–H and O–H groups in total. The first-order chi connectivity index (χ1) is 7.38. The number of hydrogen-bond acceptors (Lipinski definition) is 1. The first-order valence-electron chi connectivity index (χ1n) is 4.72. The zero-order valence-corrected chi connectivity index (χ0v) is 9.98. The van der Waals surface area contributed by atoms with Crippen LogP contribution < -0.4 is 0 Å². The van der Waals surface area contributed by atoms with Crippen LogP contribution in [0.3, 0.4) is 0 Å². The van der Waals surface area contributed by atoms with Crippen LogP contribution >= 0.6 is 15.9 Å². The van der Waals surface area contributed by atoms with Crippen molar-refractivity contribution in [2.75, 3.05) is 11.9 Å². The van der Waals surface area contributed by atoms with Crippen LogP contribution in [0, 0.1) is 12.3 Å². The first kappa shape index (κ1) is 12.0. The van der Waals surface area contributed by atoms with E-state index in [-0.39, 0.29) is 6.10 Å². The van der Waals surface area contributed by atoms with Crippen LogP contribution in [-0.2, 0) is 4.74 Å². The Morgan fingerprint density at radius 1 is 1.33 bits per heavy atom. The summed E-state index contributed by atoms with van der Waals surface area (Å²) >= 11 is 3.30. The van der Waals surface area contributed by atoms with Crippen LogP contribution in [0.15, 0.2) is 42.5 Å². The van der Waals surface area contributed by atoms with E-state index in [9.17, 15) is 0 Å². The van der Waals surface area contributed by atoms with Gasteiger partial charge in [0.2, 0.25) is 0 Å². The van der Waals surface area contributed by atoms with Gasteiger partial charge in [0.1, 0.15) is 6.10 Å². The average molecular weight is 265 g/mol. The summed E-state index contributed by atoms with van der Waals surface area (Å²) in [5.41, 5.74) is 1.02. The van der Waals surface area contributed by atoms with E-state index in [0.29, 0.717) is 6.61 Å². The molecule has 0 spiro atoms. The Labute approximate surface area is 99.3 Å². The molecule has 0 aromatic heterocycles. The molecule has 1 nitrogen and oxygen atoms in total. The van der Waals surface area contributed by atoms with Crippen LogP contribution in [-0.4, -0.2) is 11.9 Å². The summed E-state index contributed by atoms with van der Waals surface area (Å²) in [7, 11) is 0. The lowest BCUT2D eigenvalue weighted by Crippen LogP contribution is -2.01. The van der Waals surface area contributed by atoms with Crippen molar-refractivity contribution >= 4 is 15.9 Å². The molecule has 0 fully saturated rings. The van der Waals surface area contributed by atoms with Gasteiger partial charge in [-0.15, -0.1) is 6.42 Å². The topological polar surface area (TPSA) is 9.23 Å². The molecule has 2 heteroatoms. The molecule has 1 aromatic carbocycles. The molecule has 1 rings (SSSR count). The van der Waals surface area contributed by atoms with Gasteiger partial charge in [-0.1, -0.05) is 64.3 Å². The largest absolute Gasteiger partial charge is 0.357 e. The molecule has 0 amide bonds. The number of alkyl halides is 1. The summed E-state index contributed by atoms with van der Waals surface area (Å²) < 4.78 is 5.54. The summed E-state index contributed by atoms with van der Waals surface area (Å²) in [4.78, 5) is 0. The number of hydrogen-bond donors (Lipinski definition) is 0. The SMILES string of the molecule is C#CC(OC/C=C/CBr)c1ccccc1. The molecular formula is C13H13BrO. The molecule has 1 aromatic rings. The Morgan fingerprint density at radius 2 is 2.07 bits per heavy atom. The highest BCUT2D eigenvalue weighted by molar-refractivity contribution is 9.09. The van der Waals surface area contributed by atoms with Crippen LogP contribution in [0.4, 0.5) is 0 Å². The van der Waals surface area contributed by atoms with Gasteiger partial charge < -0.3 is 4.74 Å². The lowest BCUT2D eigenvalue weighted by Gasteiger charge is -2.10. The van der Waals surface area contributed by atoms with Crippen LogP contribution in [0.5, 0.6) is 0 Å². The molecule has 0 aliphatic rings. The minimum absolute atomic E-state index is 0.258. The molecule has 1 unspecified atom stereocenters. The molecule has 0 saturated carbocycles. The van der Waals surface area contributed by atoms with E-state index in [1.807, 2.05) is 42.5 Å². The third-order valence-electron chi connectivity index (χ3n) is 1.87. The van der Waals surface area contributed by atoms with Gasteiger partial charge in [-0.2, -0.15) is 0 Å². The van der Waals surface area contributed by atoms with E-state index in [2.05, 4.69) is 21.9 Å². The zero-order valence-electron chi connectivity index (χ0n) is 8.40. The third kappa shape index (κ3) is 4.33. The summed E-state index contributed by atoms with van der Waals surface area (Å²) in [5.74, 6) is 2.63. The highest BCUT2D eigenvalue weighted by Crippen LogP contribution is 2.15. The fourth-order valence-corrected chi connectivity index (χ4v) is 1.42. The number of benzene rings is 1. The van der Waals surface area contributed by atoms with E-state index in [1.165, 1.54) is 0 Å². The smallest absolute Gasteiger partial charge is 0.143 e. The Hall–Kier alpha value is -1.04. The minimum Gasteiger partial charge on any atom is -0.357 e. The molecule has 0 aliphatic carbocycles. The molecular weight excluding hydrogens is 252 g/mol. The molecule has 0 radical (unpaired) electrons. The Kier molecular flexibility index (Phi) is 5.84. The molecule has 0 aliphatic heterocycles. The maximum absolute atomic E-state index is 5.54. The van der Waals surface area contributed by atoms with Crippen molar-refractivity contribution in [3.63, 3.8) is 0 Å². The number of rotatable bonds is 5. The number of allylic oxidation sites excluding steroid dienone is 1. The van der Waals surface area contributed by atoms with E-state index < -0.39 is 0 Å². The lowest BCUT2D eigenvalue weighted by atomic mass is 10.1. The summed E-state index contributed by atoms with van der Waals surface area (Å²) in [6.07, 6.45) is 9.08. The second-order valence-corrected chi connectivity index (χ2v) is 3.56. The molecule has 78 valence electrons. The molecule has 15 heavy (non-hydrogen) atoms. The predicted octanol–water partition coefficient (Wildman–Crippen LogP) is 3.33. The highest BCUT2D eigenvalue weighted by Gasteiger charge is 2.05. The number of halogens is 1. The fraction of sp³-hybridized carbons (Fsp3) is 0.231. The molecule has 0 bridgehead atoms. The lowest BCUT2D eigenvalue weighted by molar-refractivity contribution is 0.117. The average Bonchev–Trinajstić information content (AvgIpc) is 2.30. The highest BCUT2D eigenvalue weighted by atomic mass is 79.9. The zero-order chi connectivity index (χ0) is 10.9. The van der Waals surface area contributed by atoms with Gasteiger partial charge in [0.25, 0.3) is 0 Å². The normalized spacial score (nSPS) is 12.5. The van der Waals surface area contributed by atoms with Crippen LogP contribution in [0.1, 0.15) is 11.7 Å². The maximum Gasteiger partial charge on any atom is 0.143 e. The maximum atomic E-state index is 5.54. The van der Waals surface area contributed by atoms with Crippen molar-refractivity contribution in [3.05, 3.63) is 48.0 Å². The quantitative estimate of drug-likeness (QED) is 0.451. The second-order valence-electron chi connectivity index (χ2n) is 2.92. The van der Waals surface area contributed by atoms with Gasteiger partial charge in [0.15, 0.2) is 0 Å².